The SMILES string of the molecule is COc1cc([SH]2C=Cc3[nH]c(=O)n(-c4cncc(OCC(F)F)c4)c(=O)c32)c(Cl)cc1F. The van der Waals surface area contributed by atoms with E-state index in [0.717, 1.165) is 10.6 Å². The van der Waals surface area contributed by atoms with Gasteiger partial charge in [0.15, 0.2) is 11.6 Å². The molecule has 1 aliphatic rings. The Labute approximate surface area is 186 Å². The molecular weight excluding hydrogens is 471 g/mol. The molecule has 2 aromatic heterocycles. The lowest BCUT2D eigenvalue weighted by atomic mass is 10.3. The van der Waals surface area contributed by atoms with Crippen molar-refractivity contribution in [3.63, 3.8) is 0 Å². The van der Waals surface area contributed by atoms with Crippen molar-refractivity contribution in [2.75, 3.05) is 13.7 Å². The average Bonchev–Trinajstić information content (AvgIpc) is 3.16. The molecule has 0 saturated heterocycles. The zero-order chi connectivity index (χ0) is 23.0. The van der Waals surface area contributed by atoms with Crippen molar-refractivity contribution in [1.82, 2.24) is 14.5 Å². The number of hydrogen-bond acceptors (Lipinski definition) is 5. The second-order valence-corrected chi connectivity index (χ2v) is 8.91. The van der Waals surface area contributed by atoms with Crippen LogP contribution in [0.4, 0.5) is 13.2 Å². The number of fused-ring (bicyclic) bond motifs is 1. The van der Waals surface area contributed by atoms with Crippen molar-refractivity contribution >= 4 is 28.6 Å². The lowest BCUT2D eigenvalue weighted by molar-refractivity contribution is 0.0817. The van der Waals surface area contributed by atoms with Crippen molar-refractivity contribution in [2.45, 2.75) is 16.2 Å². The van der Waals surface area contributed by atoms with Crippen LogP contribution in [0.15, 0.2) is 55.4 Å². The van der Waals surface area contributed by atoms with Gasteiger partial charge in [0.2, 0.25) is 0 Å². The number of ether oxygens (including phenoxy) is 2. The third-order valence-corrected chi connectivity index (χ3v) is 7.25. The van der Waals surface area contributed by atoms with Crippen LogP contribution in [-0.2, 0) is 0 Å². The fourth-order valence-electron chi connectivity index (χ4n) is 3.18. The highest BCUT2D eigenvalue weighted by atomic mass is 35.5. The highest BCUT2D eigenvalue weighted by Crippen LogP contribution is 2.53. The molecule has 0 saturated carbocycles. The first kappa shape index (κ1) is 22.0. The third-order valence-electron chi connectivity index (χ3n) is 4.55. The number of thiol groups is 1. The number of benzene rings is 1. The van der Waals surface area contributed by atoms with Gasteiger partial charge in [0, 0.05) is 11.0 Å². The zero-order valence-corrected chi connectivity index (χ0v) is 18.0. The monoisotopic (exact) mass is 485 g/mol. The van der Waals surface area contributed by atoms with E-state index in [1.165, 1.54) is 31.6 Å². The van der Waals surface area contributed by atoms with Crippen molar-refractivity contribution in [3.05, 3.63) is 73.4 Å². The molecule has 3 heterocycles. The number of aromatic nitrogens is 3. The van der Waals surface area contributed by atoms with Gasteiger partial charge in [0.05, 0.1) is 40.8 Å². The van der Waals surface area contributed by atoms with Gasteiger partial charge >= 0.3 is 5.69 Å². The number of alkyl halides is 2. The smallest absolute Gasteiger partial charge is 0.333 e. The van der Waals surface area contributed by atoms with E-state index in [2.05, 4.69) is 9.97 Å². The molecule has 4 rings (SSSR count). The molecule has 1 atom stereocenters. The van der Waals surface area contributed by atoms with Crippen LogP contribution in [0.3, 0.4) is 0 Å². The molecule has 1 aliphatic heterocycles. The van der Waals surface area contributed by atoms with Gasteiger partial charge in [0.25, 0.3) is 12.0 Å². The molecule has 12 heteroatoms. The number of methoxy groups -OCH3 is 1. The van der Waals surface area contributed by atoms with Gasteiger partial charge in [-0.25, -0.2) is 22.5 Å². The van der Waals surface area contributed by atoms with Gasteiger partial charge in [0.1, 0.15) is 12.4 Å². The Morgan fingerprint density at radius 3 is 2.75 bits per heavy atom. The van der Waals surface area contributed by atoms with Gasteiger partial charge in [-0.1, -0.05) is 11.6 Å². The lowest BCUT2D eigenvalue weighted by Crippen LogP contribution is -2.35. The fraction of sp³-hybridized carbons (Fsp3) is 0.150. The number of rotatable bonds is 6. The summed E-state index contributed by atoms with van der Waals surface area (Å²) in [5, 5.41) is 1.81. The normalized spacial score (nSPS) is 15.8. The van der Waals surface area contributed by atoms with E-state index in [0.29, 0.717) is 10.6 Å². The van der Waals surface area contributed by atoms with E-state index in [1.54, 1.807) is 11.5 Å². The minimum absolute atomic E-state index is 0.0266. The van der Waals surface area contributed by atoms with Crippen LogP contribution in [0, 0.1) is 5.82 Å². The molecule has 0 bridgehead atoms. The number of hydrogen-bond donors (Lipinski definition) is 2. The van der Waals surface area contributed by atoms with Gasteiger partial charge in [-0.3, -0.25) is 9.78 Å². The number of nitrogens with one attached hydrogen (secondary N) is 1. The second-order valence-electron chi connectivity index (χ2n) is 6.54. The molecule has 7 nitrogen and oxygen atoms in total. The van der Waals surface area contributed by atoms with Crippen molar-refractivity contribution in [2.24, 2.45) is 0 Å². The Kier molecular flexibility index (Phi) is 6.02. The maximum atomic E-state index is 14.0. The van der Waals surface area contributed by atoms with E-state index in [1.807, 2.05) is 0 Å². The standard InChI is InChI=1S/C20H15ClF3N3O4S/c1-30-15-6-16(12(21)5-13(15)22)32-3-2-14-18(32)19(28)27(20(29)26-14)10-4-11(8-25-7-10)31-9-17(23)24/h2-8,17,32H,9H2,1H3,(H,26,29). The highest BCUT2D eigenvalue weighted by molar-refractivity contribution is 8.20. The number of pyridine rings is 1. The van der Waals surface area contributed by atoms with Crippen molar-refractivity contribution in [1.29, 1.82) is 0 Å². The summed E-state index contributed by atoms with van der Waals surface area (Å²) >= 11 is 6.24. The van der Waals surface area contributed by atoms with Gasteiger partial charge in [-0.05, 0) is 23.6 Å². The molecule has 0 amide bonds. The van der Waals surface area contributed by atoms with Crippen LogP contribution in [0.2, 0.25) is 5.02 Å². The summed E-state index contributed by atoms with van der Waals surface area (Å²) in [5.41, 5.74) is -1.05. The van der Waals surface area contributed by atoms with Crippen LogP contribution < -0.4 is 20.7 Å². The molecule has 0 radical (unpaired) electrons. The highest BCUT2D eigenvalue weighted by Gasteiger charge is 2.26. The summed E-state index contributed by atoms with van der Waals surface area (Å²) in [5.74, 6) is -0.710. The van der Waals surface area contributed by atoms with Crippen LogP contribution >= 0.6 is 22.5 Å². The molecular formula is C20H15ClF3N3O4S. The summed E-state index contributed by atoms with van der Waals surface area (Å²) in [4.78, 5) is 33.2. The molecule has 0 fully saturated rings. The Bertz CT molecular complexity index is 1340. The predicted octanol–water partition coefficient (Wildman–Crippen LogP) is 3.77. The zero-order valence-electron chi connectivity index (χ0n) is 16.3. The molecule has 0 aliphatic carbocycles. The van der Waals surface area contributed by atoms with Crippen LogP contribution in [0.1, 0.15) is 5.69 Å². The van der Waals surface area contributed by atoms with Crippen molar-refractivity contribution < 1.29 is 22.6 Å². The summed E-state index contributed by atoms with van der Waals surface area (Å²) in [6.45, 7) is -0.860. The van der Waals surface area contributed by atoms with E-state index in [9.17, 15) is 22.8 Å². The minimum Gasteiger partial charge on any atom is -0.494 e. The topological polar surface area (TPSA) is 86.2 Å². The van der Waals surface area contributed by atoms with Crippen LogP contribution in [0.25, 0.3) is 11.8 Å². The maximum absolute atomic E-state index is 14.0. The molecule has 1 unspecified atom stereocenters. The molecule has 1 N–H and O–H groups in total. The van der Waals surface area contributed by atoms with Crippen molar-refractivity contribution in [3.8, 4) is 17.2 Å². The Balaban J connectivity index is 1.83. The number of H-pyrrole nitrogens is 1. The summed E-state index contributed by atoms with van der Waals surface area (Å²) in [7, 11) is -0.180. The molecule has 0 spiro atoms. The van der Waals surface area contributed by atoms with Crippen LogP contribution in [-0.4, -0.2) is 34.7 Å². The Morgan fingerprint density at radius 2 is 2.03 bits per heavy atom. The molecule has 168 valence electrons. The Hall–Kier alpha value is -3.18. The van der Waals surface area contributed by atoms with Crippen LogP contribution in [0.5, 0.6) is 11.5 Å². The van der Waals surface area contributed by atoms with E-state index in [-0.39, 0.29) is 27.1 Å². The first-order valence-electron chi connectivity index (χ1n) is 9.06. The summed E-state index contributed by atoms with van der Waals surface area (Å²) in [6.07, 6.45) is 1.31. The lowest BCUT2D eigenvalue weighted by Gasteiger charge is -2.19. The molecule has 1 aromatic carbocycles. The minimum atomic E-state index is -2.70. The van der Waals surface area contributed by atoms with Gasteiger partial charge in [-0.2, -0.15) is 10.9 Å². The largest absolute Gasteiger partial charge is 0.494 e. The van der Waals surface area contributed by atoms with E-state index < -0.39 is 41.0 Å². The average molecular weight is 486 g/mol. The fourth-order valence-corrected chi connectivity index (χ4v) is 5.70. The second kappa shape index (κ2) is 8.75. The third kappa shape index (κ3) is 4.00. The number of nitrogens with zero attached hydrogens (tertiary/aromatic N) is 2. The van der Waals surface area contributed by atoms with Gasteiger partial charge < -0.3 is 14.5 Å². The predicted molar refractivity (Wildman–Crippen MR) is 114 cm³/mol. The number of halogens is 4. The molecule has 32 heavy (non-hydrogen) atoms. The van der Waals surface area contributed by atoms with Gasteiger partial charge in [-0.15, -0.1) is 0 Å². The quantitative estimate of drug-likeness (QED) is 0.519. The molecule has 3 aromatic rings. The number of aromatic amines is 1. The first-order chi connectivity index (χ1) is 15.3. The van der Waals surface area contributed by atoms with E-state index in [4.69, 9.17) is 21.1 Å². The summed E-state index contributed by atoms with van der Waals surface area (Å²) < 4.78 is 49.6. The van der Waals surface area contributed by atoms with E-state index >= 15 is 0 Å². The Morgan fingerprint density at radius 1 is 1.25 bits per heavy atom. The first-order valence-corrected chi connectivity index (χ1v) is 10.8. The maximum Gasteiger partial charge on any atom is 0.333 e. The summed E-state index contributed by atoms with van der Waals surface area (Å²) in [6, 6.07) is 3.77.